The van der Waals surface area contributed by atoms with Gasteiger partial charge in [-0.25, -0.2) is 0 Å². The van der Waals surface area contributed by atoms with Crippen molar-refractivity contribution in [2.24, 2.45) is 0 Å². The van der Waals surface area contributed by atoms with Crippen LogP contribution in [-0.4, -0.2) is 30.2 Å². The number of fused-ring (bicyclic) bond motifs is 1. The van der Waals surface area contributed by atoms with Gasteiger partial charge in [-0.05, 0) is 44.2 Å². The molecule has 2 aromatic carbocycles. The van der Waals surface area contributed by atoms with Gasteiger partial charge in [0.05, 0.1) is 17.5 Å². The number of nitrogens with one attached hydrogen (secondary N) is 2. The van der Waals surface area contributed by atoms with Crippen LogP contribution in [0.5, 0.6) is 5.75 Å². The minimum atomic E-state index is -0.187. The maximum atomic E-state index is 12.2. The van der Waals surface area contributed by atoms with Gasteiger partial charge >= 0.3 is 0 Å². The molecule has 6 heteroatoms. The minimum Gasteiger partial charge on any atom is -0.492 e. The second-order valence-corrected chi connectivity index (χ2v) is 7.26. The Morgan fingerprint density at radius 1 is 1.24 bits per heavy atom. The number of hydrogen-bond donors (Lipinski definition) is 2. The molecule has 3 rings (SSSR count). The average Bonchev–Trinajstić information content (AvgIpc) is 2.60. The number of ether oxygens (including phenoxy) is 1. The van der Waals surface area contributed by atoms with E-state index >= 15 is 0 Å². The first-order chi connectivity index (χ1) is 12.0. The van der Waals surface area contributed by atoms with Crippen molar-refractivity contribution < 1.29 is 14.3 Å². The maximum Gasteiger partial charge on any atom is 0.251 e. The van der Waals surface area contributed by atoms with Gasteiger partial charge in [-0.1, -0.05) is 17.7 Å². The van der Waals surface area contributed by atoms with Crippen molar-refractivity contribution in [3.63, 3.8) is 0 Å². The summed E-state index contributed by atoms with van der Waals surface area (Å²) in [6.07, 6.45) is 0. The number of benzene rings is 2. The molecule has 0 radical (unpaired) electrons. The monoisotopic (exact) mass is 356 g/mol. The van der Waals surface area contributed by atoms with E-state index in [1.54, 1.807) is 12.1 Å². The van der Waals surface area contributed by atoms with Crippen molar-refractivity contribution in [1.82, 2.24) is 5.32 Å². The summed E-state index contributed by atoms with van der Waals surface area (Å²) in [5, 5.41) is 5.54. The fourth-order valence-electron chi connectivity index (χ4n) is 2.42. The highest BCUT2D eigenvalue weighted by Crippen LogP contribution is 2.35. The van der Waals surface area contributed by atoms with Crippen LogP contribution in [0.3, 0.4) is 0 Å². The van der Waals surface area contributed by atoms with Crippen LogP contribution >= 0.6 is 11.8 Å². The molecule has 0 aromatic heterocycles. The van der Waals surface area contributed by atoms with E-state index in [4.69, 9.17) is 4.74 Å². The predicted octanol–water partition coefficient (Wildman–Crippen LogP) is 3.24. The van der Waals surface area contributed by atoms with Crippen LogP contribution in [0.1, 0.15) is 22.8 Å². The molecular weight excluding hydrogens is 336 g/mol. The van der Waals surface area contributed by atoms with Crippen molar-refractivity contribution in [1.29, 1.82) is 0 Å². The lowest BCUT2D eigenvalue weighted by Crippen LogP contribution is -2.29. The van der Waals surface area contributed by atoms with Gasteiger partial charge in [0.2, 0.25) is 5.91 Å². The Labute approximate surface area is 151 Å². The molecule has 1 atom stereocenters. The molecule has 0 unspecified atom stereocenters. The number of carbonyl (C=O) groups excluding carboxylic acids is 2. The maximum absolute atomic E-state index is 12.2. The lowest BCUT2D eigenvalue weighted by Gasteiger charge is -2.21. The van der Waals surface area contributed by atoms with Gasteiger partial charge < -0.3 is 15.4 Å². The first-order valence-electron chi connectivity index (χ1n) is 8.12. The quantitative estimate of drug-likeness (QED) is 0.807. The Bertz CT molecular complexity index is 790. The van der Waals surface area contributed by atoms with Crippen LogP contribution in [0.25, 0.3) is 0 Å². The fraction of sp³-hybridized carbons (Fsp3) is 0.263. The third-order valence-electron chi connectivity index (χ3n) is 3.85. The standard InChI is InChI=1S/C19H20N2O3S/c1-12-3-6-15(7-4-12)24-10-9-20-19(23)14-5-8-17-16(11-14)21-18(22)13(2)25-17/h3-8,11,13H,9-10H2,1-2H3,(H,20,23)(H,21,22)/t13-/m0/s1. The SMILES string of the molecule is Cc1ccc(OCCNC(=O)c2ccc3c(c2)NC(=O)[C@H](C)S3)cc1. The molecule has 130 valence electrons. The normalized spacial score (nSPS) is 15.9. The number of hydrogen-bond acceptors (Lipinski definition) is 4. The van der Waals surface area contributed by atoms with Crippen LogP contribution in [0, 0.1) is 6.92 Å². The van der Waals surface area contributed by atoms with Gasteiger partial charge in [0.25, 0.3) is 5.91 Å². The zero-order valence-electron chi connectivity index (χ0n) is 14.2. The van der Waals surface area contributed by atoms with Crippen molar-refractivity contribution in [3.05, 3.63) is 53.6 Å². The van der Waals surface area contributed by atoms with Gasteiger partial charge in [0.15, 0.2) is 0 Å². The fourth-order valence-corrected chi connectivity index (χ4v) is 3.35. The van der Waals surface area contributed by atoms with Crippen molar-refractivity contribution in [3.8, 4) is 5.75 Å². The Hall–Kier alpha value is -2.47. The first-order valence-corrected chi connectivity index (χ1v) is 9.00. The van der Waals surface area contributed by atoms with Gasteiger partial charge in [-0.3, -0.25) is 9.59 Å². The van der Waals surface area contributed by atoms with Crippen molar-refractivity contribution in [2.45, 2.75) is 24.0 Å². The summed E-state index contributed by atoms with van der Waals surface area (Å²) in [5.41, 5.74) is 2.38. The smallest absolute Gasteiger partial charge is 0.251 e. The second-order valence-electron chi connectivity index (χ2n) is 5.88. The molecule has 0 spiro atoms. The molecule has 5 nitrogen and oxygen atoms in total. The molecule has 0 saturated heterocycles. The van der Waals surface area contributed by atoms with E-state index in [2.05, 4.69) is 10.6 Å². The highest BCUT2D eigenvalue weighted by Gasteiger charge is 2.23. The highest BCUT2D eigenvalue weighted by atomic mass is 32.2. The topological polar surface area (TPSA) is 67.4 Å². The molecule has 1 heterocycles. The van der Waals surface area contributed by atoms with Crippen LogP contribution in [0.2, 0.25) is 0 Å². The van der Waals surface area contributed by atoms with E-state index in [1.807, 2.05) is 44.2 Å². The Morgan fingerprint density at radius 3 is 2.76 bits per heavy atom. The summed E-state index contributed by atoms with van der Waals surface area (Å²) < 4.78 is 5.59. The summed E-state index contributed by atoms with van der Waals surface area (Å²) in [4.78, 5) is 25.0. The van der Waals surface area contributed by atoms with Crippen molar-refractivity contribution >= 4 is 29.3 Å². The number of amides is 2. The third kappa shape index (κ3) is 4.33. The van der Waals surface area contributed by atoms with E-state index in [9.17, 15) is 9.59 Å². The summed E-state index contributed by atoms with van der Waals surface area (Å²) in [6, 6.07) is 13.1. The lowest BCUT2D eigenvalue weighted by atomic mass is 10.1. The van der Waals surface area contributed by atoms with E-state index in [1.165, 1.54) is 17.3 Å². The van der Waals surface area contributed by atoms with Gasteiger partial charge in [-0.2, -0.15) is 0 Å². The van der Waals surface area contributed by atoms with Gasteiger partial charge in [0.1, 0.15) is 12.4 Å². The van der Waals surface area contributed by atoms with Crippen LogP contribution in [0.15, 0.2) is 47.4 Å². The van der Waals surface area contributed by atoms with E-state index in [0.717, 1.165) is 10.6 Å². The second kappa shape index (κ2) is 7.61. The first kappa shape index (κ1) is 17.4. The summed E-state index contributed by atoms with van der Waals surface area (Å²) in [6.45, 7) is 4.67. The van der Waals surface area contributed by atoms with Crippen LogP contribution < -0.4 is 15.4 Å². The van der Waals surface area contributed by atoms with E-state index in [0.29, 0.717) is 24.4 Å². The summed E-state index contributed by atoms with van der Waals surface area (Å²) in [5.74, 6) is 0.553. The molecule has 0 aliphatic carbocycles. The lowest BCUT2D eigenvalue weighted by molar-refractivity contribution is -0.115. The Kier molecular flexibility index (Phi) is 5.28. The zero-order valence-corrected chi connectivity index (χ0v) is 15.0. The third-order valence-corrected chi connectivity index (χ3v) is 5.03. The molecule has 0 bridgehead atoms. The molecule has 1 aliphatic rings. The summed E-state index contributed by atoms with van der Waals surface area (Å²) >= 11 is 1.50. The molecular formula is C19H20N2O3S. The van der Waals surface area contributed by atoms with E-state index < -0.39 is 0 Å². The molecule has 2 N–H and O–H groups in total. The number of aryl methyl sites for hydroxylation is 1. The number of carbonyl (C=O) groups is 2. The number of rotatable bonds is 5. The van der Waals surface area contributed by atoms with Crippen LogP contribution in [0.4, 0.5) is 5.69 Å². The largest absolute Gasteiger partial charge is 0.492 e. The highest BCUT2D eigenvalue weighted by molar-refractivity contribution is 8.00. The minimum absolute atomic E-state index is 0.0402. The molecule has 0 saturated carbocycles. The molecule has 1 aliphatic heterocycles. The number of anilines is 1. The van der Waals surface area contributed by atoms with Gasteiger partial charge in [-0.15, -0.1) is 11.8 Å². The van der Waals surface area contributed by atoms with Crippen molar-refractivity contribution in [2.75, 3.05) is 18.5 Å². The average molecular weight is 356 g/mol. The van der Waals surface area contributed by atoms with Crippen LogP contribution in [-0.2, 0) is 4.79 Å². The van der Waals surface area contributed by atoms with E-state index in [-0.39, 0.29) is 17.1 Å². The van der Waals surface area contributed by atoms with Gasteiger partial charge in [0, 0.05) is 10.5 Å². The number of thioether (sulfide) groups is 1. The molecule has 0 fully saturated rings. The molecule has 2 amide bonds. The predicted molar refractivity (Wildman–Crippen MR) is 99.4 cm³/mol. The molecule has 2 aromatic rings. The molecule has 25 heavy (non-hydrogen) atoms. The Morgan fingerprint density at radius 2 is 2.00 bits per heavy atom. The summed E-state index contributed by atoms with van der Waals surface area (Å²) in [7, 11) is 0. The zero-order chi connectivity index (χ0) is 17.8. The Balaban J connectivity index is 1.52.